The van der Waals surface area contributed by atoms with Crippen LogP contribution in [0.1, 0.15) is 16.1 Å². The van der Waals surface area contributed by atoms with Crippen LogP contribution < -0.4 is 5.56 Å². The molecule has 0 bridgehead atoms. The van der Waals surface area contributed by atoms with Crippen LogP contribution in [0.15, 0.2) is 35.1 Å². The van der Waals surface area contributed by atoms with Gasteiger partial charge in [0.2, 0.25) is 0 Å². The van der Waals surface area contributed by atoms with E-state index in [0.717, 1.165) is 16.8 Å². The summed E-state index contributed by atoms with van der Waals surface area (Å²) in [6.07, 6.45) is 0. The molecule has 19 heavy (non-hydrogen) atoms. The van der Waals surface area contributed by atoms with Gasteiger partial charge in [0, 0.05) is 11.6 Å². The highest BCUT2D eigenvalue weighted by Gasteiger charge is 2.11. The number of rotatable bonds is 3. The number of carboxylic acids is 1. The van der Waals surface area contributed by atoms with E-state index in [1.807, 2.05) is 0 Å². The molecule has 0 spiro atoms. The van der Waals surface area contributed by atoms with Gasteiger partial charge < -0.3 is 5.11 Å². The van der Waals surface area contributed by atoms with Crippen LogP contribution in [0.4, 0.5) is 4.39 Å². The average Bonchev–Trinajstić information content (AvgIpc) is 2.37. The molecule has 0 fully saturated rings. The number of hydrogen-bond donors (Lipinski definition) is 1. The molecule has 0 unspecified atom stereocenters. The molecular formula is C12H8ClFN2O3. The number of hydrogen-bond acceptors (Lipinski definition) is 3. The van der Waals surface area contributed by atoms with Gasteiger partial charge in [-0.25, -0.2) is 13.9 Å². The van der Waals surface area contributed by atoms with E-state index >= 15 is 0 Å². The van der Waals surface area contributed by atoms with Crippen molar-refractivity contribution in [1.82, 2.24) is 9.78 Å². The fourth-order valence-electron chi connectivity index (χ4n) is 1.51. The van der Waals surface area contributed by atoms with E-state index in [2.05, 4.69) is 5.10 Å². The van der Waals surface area contributed by atoms with Crippen LogP contribution in [0, 0.1) is 5.82 Å². The quantitative estimate of drug-likeness (QED) is 0.931. The molecule has 0 saturated heterocycles. The molecular weight excluding hydrogens is 275 g/mol. The van der Waals surface area contributed by atoms with Crippen LogP contribution in [0.25, 0.3) is 0 Å². The van der Waals surface area contributed by atoms with Gasteiger partial charge in [-0.3, -0.25) is 4.79 Å². The first kappa shape index (κ1) is 13.2. The Hall–Kier alpha value is -2.21. The summed E-state index contributed by atoms with van der Waals surface area (Å²) in [5.74, 6) is -1.92. The van der Waals surface area contributed by atoms with Crippen molar-refractivity contribution in [3.8, 4) is 0 Å². The van der Waals surface area contributed by atoms with Gasteiger partial charge in [0.05, 0.1) is 11.6 Å². The lowest BCUT2D eigenvalue weighted by Gasteiger charge is -2.07. The summed E-state index contributed by atoms with van der Waals surface area (Å²) in [5.41, 5.74) is -0.656. The Morgan fingerprint density at radius 2 is 2.11 bits per heavy atom. The van der Waals surface area contributed by atoms with Gasteiger partial charge in [-0.05, 0) is 12.1 Å². The van der Waals surface area contributed by atoms with Crippen molar-refractivity contribution in [2.45, 2.75) is 6.54 Å². The van der Waals surface area contributed by atoms with Crippen LogP contribution in [0.3, 0.4) is 0 Å². The van der Waals surface area contributed by atoms with E-state index in [0.29, 0.717) is 0 Å². The SMILES string of the molecule is O=C(O)c1ccc(=O)n(Cc2cccc(Cl)c2F)n1. The van der Waals surface area contributed by atoms with Gasteiger partial charge in [-0.2, -0.15) is 5.10 Å². The maximum Gasteiger partial charge on any atom is 0.356 e. The fourth-order valence-corrected chi connectivity index (χ4v) is 1.70. The molecule has 0 aliphatic heterocycles. The zero-order chi connectivity index (χ0) is 14.0. The highest BCUT2D eigenvalue weighted by atomic mass is 35.5. The summed E-state index contributed by atoms with van der Waals surface area (Å²) in [6.45, 7) is -0.188. The van der Waals surface area contributed by atoms with E-state index in [9.17, 15) is 14.0 Å². The van der Waals surface area contributed by atoms with Crippen molar-refractivity contribution in [3.05, 3.63) is 62.8 Å². The molecule has 2 rings (SSSR count). The molecule has 7 heteroatoms. The van der Waals surface area contributed by atoms with Crippen LogP contribution in [0.2, 0.25) is 5.02 Å². The number of halogens is 2. The molecule has 98 valence electrons. The molecule has 1 aromatic carbocycles. The normalized spacial score (nSPS) is 10.4. The Labute approximate surface area is 111 Å². The zero-order valence-corrected chi connectivity index (χ0v) is 10.3. The van der Waals surface area contributed by atoms with E-state index < -0.39 is 17.3 Å². The molecule has 0 amide bonds. The maximum atomic E-state index is 13.7. The number of carboxylic acid groups (broad SMARTS) is 1. The van der Waals surface area contributed by atoms with E-state index in [4.69, 9.17) is 16.7 Å². The molecule has 5 nitrogen and oxygen atoms in total. The number of aromatic nitrogens is 2. The van der Waals surface area contributed by atoms with Crippen molar-refractivity contribution in [1.29, 1.82) is 0 Å². The third-order valence-corrected chi connectivity index (χ3v) is 2.73. The largest absolute Gasteiger partial charge is 0.476 e. The molecule has 2 aromatic rings. The summed E-state index contributed by atoms with van der Waals surface area (Å²) in [4.78, 5) is 22.3. The third kappa shape index (κ3) is 2.79. The van der Waals surface area contributed by atoms with Crippen molar-refractivity contribution in [2.75, 3.05) is 0 Å². The summed E-state index contributed by atoms with van der Waals surface area (Å²) in [7, 11) is 0. The average molecular weight is 283 g/mol. The predicted octanol–water partition coefficient (Wildman–Crippen LogP) is 1.78. The highest BCUT2D eigenvalue weighted by Crippen LogP contribution is 2.18. The Balaban J connectivity index is 2.43. The summed E-state index contributed by atoms with van der Waals surface area (Å²) in [6, 6.07) is 6.52. The van der Waals surface area contributed by atoms with Gasteiger partial charge >= 0.3 is 5.97 Å². The Bertz CT molecular complexity index is 700. The molecule has 0 aliphatic rings. The van der Waals surface area contributed by atoms with Crippen molar-refractivity contribution in [3.63, 3.8) is 0 Å². The summed E-state index contributed by atoms with van der Waals surface area (Å²) < 4.78 is 14.6. The molecule has 0 saturated carbocycles. The first-order chi connectivity index (χ1) is 8.99. The van der Waals surface area contributed by atoms with E-state index in [1.54, 1.807) is 0 Å². The Morgan fingerprint density at radius 3 is 2.79 bits per heavy atom. The minimum Gasteiger partial charge on any atom is -0.476 e. The number of benzene rings is 1. The van der Waals surface area contributed by atoms with Crippen LogP contribution in [-0.2, 0) is 6.54 Å². The molecule has 0 atom stereocenters. The Morgan fingerprint density at radius 1 is 1.37 bits per heavy atom. The fraction of sp³-hybridized carbons (Fsp3) is 0.0833. The van der Waals surface area contributed by atoms with Crippen LogP contribution in [0.5, 0.6) is 0 Å². The lowest BCUT2D eigenvalue weighted by molar-refractivity contribution is 0.0687. The Kier molecular flexibility index (Phi) is 3.62. The van der Waals surface area contributed by atoms with Gasteiger partial charge in [0.1, 0.15) is 5.82 Å². The second-order valence-corrected chi connectivity index (χ2v) is 4.14. The lowest BCUT2D eigenvalue weighted by atomic mass is 10.2. The van der Waals surface area contributed by atoms with Gasteiger partial charge in [-0.1, -0.05) is 23.7 Å². The van der Waals surface area contributed by atoms with Gasteiger partial charge in [-0.15, -0.1) is 0 Å². The zero-order valence-electron chi connectivity index (χ0n) is 9.51. The number of aromatic carboxylic acids is 1. The van der Waals surface area contributed by atoms with Crippen molar-refractivity contribution >= 4 is 17.6 Å². The predicted molar refractivity (Wildman–Crippen MR) is 66.0 cm³/mol. The first-order valence-corrected chi connectivity index (χ1v) is 5.61. The topological polar surface area (TPSA) is 72.2 Å². The van der Waals surface area contributed by atoms with Crippen molar-refractivity contribution in [2.24, 2.45) is 0 Å². The maximum absolute atomic E-state index is 13.7. The molecule has 1 N–H and O–H groups in total. The highest BCUT2D eigenvalue weighted by molar-refractivity contribution is 6.30. The third-order valence-electron chi connectivity index (χ3n) is 2.44. The van der Waals surface area contributed by atoms with E-state index in [-0.39, 0.29) is 22.8 Å². The molecule has 1 aromatic heterocycles. The smallest absolute Gasteiger partial charge is 0.356 e. The number of carbonyl (C=O) groups is 1. The summed E-state index contributed by atoms with van der Waals surface area (Å²) >= 11 is 5.62. The minimum absolute atomic E-state index is 0.0695. The first-order valence-electron chi connectivity index (χ1n) is 5.23. The van der Waals surface area contributed by atoms with E-state index in [1.165, 1.54) is 18.2 Å². The second kappa shape index (κ2) is 5.19. The van der Waals surface area contributed by atoms with Crippen LogP contribution in [-0.4, -0.2) is 20.9 Å². The number of nitrogens with zero attached hydrogens (tertiary/aromatic N) is 2. The van der Waals surface area contributed by atoms with Crippen LogP contribution >= 0.6 is 11.6 Å². The standard InChI is InChI=1S/C12H8ClFN2O3/c13-8-3-1-2-7(11(8)14)6-16-10(17)5-4-9(15-16)12(18)19/h1-5H,6H2,(H,18,19). The molecule has 0 radical (unpaired) electrons. The van der Waals surface area contributed by atoms with Gasteiger partial charge in [0.15, 0.2) is 5.69 Å². The van der Waals surface area contributed by atoms with Gasteiger partial charge in [0.25, 0.3) is 5.56 Å². The summed E-state index contributed by atoms with van der Waals surface area (Å²) in [5, 5.41) is 12.4. The monoisotopic (exact) mass is 282 g/mol. The van der Waals surface area contributed by atoms with Crippen molar-refractivity contribution < 1.29 is 14.3 Å². The minimum atomic E-state index is -1.26. The molecule has 1 heterocycles. The molecule has 0 aliphatic carbocycles. The lowest BCUT2D eigenvalue weighted by Crippen LogP contribution is -2.25. The second-order valence-electron chi connectivity index (χ2n) is 3.73.